The second-order valence-corrected chi connectivity index (χ2v) is 2.88. The molecule has 2 N–H and O–H groups in total. The SMILES string of the molecule is Cn1cc(-c2cc(N)ccn2)cn1. The molecule has 0 aromatic carbocycles. The topological polar surface area (TPSA) is 56.7 Å². The van der Waals surface area contributed by atoms with Gasteiger partial charge in [-0.25, -0.2) is 0 Å². The van der Waals surface area contributed by atoms with E-state index in [-0.39, 0.29) is 0 Å². The van der Waals surface area contributed by atoms with Crippen LogP contribution in [0.1, 0.15) is 0 Å². The molecule has 66 valence electrons. The second kappa shape index (κ2) is 2.90. The average Bonchev–Trinajstić information content (AvgIpc) is 2.52. The maximum absolute atomic E-state index is 5.64. The van der Waals surface area contributed by atoms with E-state index in [1.165, 1.54) is 0 Å². The lowest BCUT2D eigenvalue weighted by molar-refractivity contribution is 0.768. The number of aromatic nitrogens is 3. The largest absolute Gasteiger partial charge is 0.399 e. The molecule has 0 saturated heterocycles. The minimum Gasteiger partial charge on any atom is -0.399 e. The van der Waals surface area contributed by atoms with Gasteiger partial charge in [0.1, 0.15) is 0 Å². The van der Waals surface area contributed by atoms with E-state index in [4.69, 9.17) is 5.73 Å². The average molecular weight is 174 g/mol. The standard InChI is InChI=1S/C9H10N4/c1-13-6-7(5-12-13)9-4-8(10)2-3-11-9/h2-6H,1H3,(H2,10,11). The van der Waals surface area contributed by atoms with Crippen molar-refractivity contribution in [1.29, 1.82) is 0 Å². The molecule has 0 spiro atoms. The highest BCUT2D eigenvalue weighted by molar-refractivity contribution is 5.61. The summed E-state index contributed by atoms with van der Waals surface area (Å²) in [6, 6.07) is 3.59. The highest BCUT2D eigenvalue weighted by Crippen LogP contribution is 2.16. The zero-order valence-corrected chi connectivity index (χ0v) is 7.31. The predicted octanol–water partition coefficient (Wildman–Crippen LogP) is 1.06. The summed E-state index contributed by atoms with van der Waals surface area (Å²) in [6.07, 6.45) is 5.36. The minimum absolute atomic E-state index is 0.717. The van der Waals surface area contributed by atoms with Gasteiger partial charge in [-0.1, -0.05) is 0 Å². The van der Waals surface area contributed by atoms with Crippen LogP contribution in [0.5, 0.6) is 0 Å². The summed E-state index contributed by atoms with van der Waals surface area (Å²) in [5.74, 6) is 0. The molecule has 0 atom stereocenters. The Morgan fingerprint density at radius 2 is 2.31 bits per heavy atom. The molecule has 2 aromatic heterocycles. The maximum Gasteiger partial charge on any atom is 0.0753 e. The van der Waals surface area contributed by atoms with E-state index in [1.807, 2.05) is 19.3 Å². The lowest BCUT2D eigenvalue weighted by Crippen LogP contribution is -1.87. The lowest BCUT2D eigenvalue weighted by atomic mass is 10.2. The fourth-order valence-electron chi connectivity index (χ4n) is 1.16. The number of aryl methyl sites for hydroxylation is 1. The first-order valence-electron chi connectivity index (χ1n) is 3.96. The summed E-state index contributed by atoms with van der Waals surface area (Å²) < 4.78 is 1.74. The van der Waals surface area contributed by atoms with E-state index >= 15 is 0 Å². The van der Waals surface area contributed by atoms with E-state index < -0.39 is 0 Å². The van der Waals surface area contributed by atoms with Crippen molar-refractivity contribution in [3.05, 3.63) is 30.7 Å². The fraction of sp³-hybridized carbons (Fsp3) is 0.111. The van der Waals surface area contributed by atoms with Crippen molar-refractivity contribution >= 4 is 5.69 Å². The van der Waals surface area contributed by atoms with Gasteiger partial charge in [-0.15, -0.1) is 0 Å². The number of nitrogens with two attached hydrogens (primary N) is 1. The van der Waals surface area contributed by atoms with Crippen LogP contribution in [0.4, 0.5) is 5.69 Å². The molecule has 0 bridgehead atoms. The molecule has 0 fully saturated rings. The first-order valence-corrected chi connectivity index (χ1v) is 3.96. The predicted molar refractivity (Wildman–Crippen MR) is 50.9 cm³/mol. The quantitative estimate of drug-likeness (QED) is 0.703. The summed E-state index contributed by atoms with van der Waals surface area (Å²) in [4.78, 5) is 4.19. The van der Waals surface area contributed by atoms with Crippen LogP contribution in [0, 0.1) is 0 Å². The van der Waals surface area contributed by atoms with Crippen LogP contribution in [-0.4, -0.2) is 14.8 Å². The first kappa shape index (κ1) is 7.79. The highest BCUT2D eigenvalue weighted by atomic mass is 15.2. The third kappa shape index (κ3) is 1.51. The molecule has 0 saturated carbocycles. The van der Waals surface area contributed by atoms with Crippen molar-refractivity contribution in [2.24, 2.45) is 7.05 Å². The van der Waals surface area contributed by atoms with Crippen LogP contribution in [0.3, 0.4) is 0 Å². The van der Waals surface area contributed by atoms with Crippen LogP contribution in [0.25, 0.3) is 11.3 Å². The summed E-state index contributed by atoms with van der Waals surface area (Å²) in [6.45, 7) is 0. The number of hydrogen-bond donors (Lipinski definition) is 1. The van der Waals surface area contributed by atoms with Crippen molar-refractivity contribution in [2.75, 3.05) is 5.73 Å². The van der Waals surface area contributed by atoms with E-state index in [9.17, 15) is 0 Å². The van der Waals surface area contributed by atoms with Gasteiger partial charge < -0.3 is 5.73 Å². The van der Waals surface area contributed by atoms with Crippen molar-refractivity contribution in [2.45, 2.75) is 0 Å². The highest BCUT2D eigenvalue weighted by Gasteiger charge is 2.00. The smallest absolute Gasteiger partial charge is 0.0753 e. The third-order valence-corrected chi connectivity index (χ3v) is 1.78. The summed E-state index contributed by atoms with van der Waals surface area (Å²) in [7, 11) is 1.87. The minimum atomic E-state index is 0.717. The number of rotatable bonds is 1. The van der Waals surface area contributed by atoms with Crippen molar-refractivity contribution < 1.29 is 0 Å². The van der Waals surface area contributed by atoms with Crippen LogP contribution in [0.15, 0.2) is 30.7 Å². The van der Waals surface area contributed by atoms with Gasteiger partial charge in [-0.05, 0) is 12.1 Å². The Kier molecular flexibility index (Phi) is 1.73. The Morgan fingerprint density at radius 3 is 2.92 bits per heavy atom. The van der Waals surface area contributed by atoms with Gasteiger partial charge in [0.05, 0.1) is 11.9 Å². The first-order chi connectivity index (χ1) is 6.25. The maximum atomic E-state index is 5.64. The van der Waals surface area contributed by atoms with Crippen LogP contribution < -0.4 is 5.73 Å². The molecule has 0 unspecified atom stereocenters. The molecule has 0 radical (unpaired) electrons. The number of nitrogen functional groups attached to an aromatic ring is 1. The molecule has 4 nitrogen and oxygen atoms in total. The Hall–Kier alpha value is -1.84. The zero-order valence-electron chi connectivity index (χ0n) is 7.31. The summed E-state index contributed by atoms with van der Waals surface area (Å²) in [5, 5.41) is 4.06. The lowest BCUT2D eigenvalue weighted by Gasteiger charge is -1.96. The Bertz CT molecular complexity index is 419. The number of anilines is 1. The molecule has 0 aliphatic heterocycles. The zero-order chi connectivity index (χ0) is 9.26. The van der Waals surface area contributed by atoms with Gasteiger partial charge in [0.2, 0.25) is 0 Å². The van der Waals surface area contributed by atoms with E-state index in [2.05, 4.69) is 10.1 Å². The monoisotopic (exact) mass is 174 g/mol. The van der Waals surface area contributed by atoms with Gasteiger partial charge in [-0.3, -0.25) is 9.67 Å². The molecule has 4 heteroatoms. The van der Waals surface area contributed by atoms with Gasteiger partial charge in [0.15, 0.2) is 0 Å². The van der Waals surface area contributed by atoms with E-state index in [0.29, 0.717) is 5.69 Å². The third-order valence-electron chi connectivity index (χ3n) is 1.78. The van der Waals surface area contributed by atoms with Crippen molar-refractivity contribution in [3.63, 3.8) is 0 Å². The number of hydrogen-bond acceptors (Lipinski definition) is 3. The summed E-state index contributed by atoms with van der Waals surface area (Å²) in [5.41, 5.74) is 8.19. The van der Waals surface area contributed by atoms with Crippen LogP contribution in [0.2, 0.25) is 0 Å². The Balaban J connectivity index is 2.46. The Morgan fingerprint density at radius 1 is 1.46 bits per heavy atom. The molecule has 13 heavy (non-hydrogen) atoms. The van der Waals surface area contributed by atoms with Gasteiger partial charge in [0.25, 0.3) is 0 Å². The fourth-order valence-corrected chi connectivity index (χ4v) is 1.16. The molecule has 2 rings (SSSR count). The van der Waals surface area contributed by atoms with E-state index in [0.717, 1.165) is 11.3 Å². The molecular formula is C9H10N4. The van der Waals surface area contributed by atoms with Gasteiger partial charge in [0, 0.05) is 30.7 Å². The molecular weight excluding hydrogens is 164 g/mol. The van der Waals surface area contributed by atoms with Gasteiger partial charge >= 0.3 is 0 Å². The molecule has 2 aromatic rings. The number of pyridine rings is 1. The van der Waals surface area contributed by atoms with Crippen LogP contribution >= 0.6 is 0 Å². The van der Waals surface area contributed by atoms with Gasteiger partial charge in [-0.2, -0.15) is 5.10 Å². The Labute approximate surface area is 76.0 Å². The molecule has 0 aliphatic rings. The molecule has 0 amide bonds. The summed E-state index contributed by atoms with van der Waals surface area (Å²) >= 11 is 0. The van der Waals surface area contributed by atoms with Crippen molar-refractivity contribution in [3.8, 4) is 11.3 Å². The second-order valence-electron chi connectivity index (χ2n) is 2.88. The van der Waals surface area contributed by atoms with Crippen molar-refractivity contribution in [1.82, 2.24) is 14.8 Å². The molecule has 2 heterocycles. The normalized spacial score (nSPS) is 10.2. The number of nitrogens with zero attached hydrogens (tertiary/aromatic N) is 3. The van der Waals surface area contributed by atoms with Crippen LogP contribution in [-0.2, 0) is 7.05 Å². The molecule has 0 aliphatic carbocycles. The van der Waals surface area contributed by atoms with E-state index in [1.54, 1.807) is 23.1 Å².